The summed E-state index contributed by atoms with van der Waals surface area (Å²) in [7, 11) is 0. The predicted octanol–water partition coefficient (Wildman–Crippen LogP) is 2.48. The van der Waals surface area contributed by atoms with Crippen LogP contribution in [-0.2, 0) is 5.60 Å². The minimum atomic E-state index is -1.35. The van der Waals surface area contributed by atoms with Crippen LogP contribution in [0.4, 0.5) is 4.39 Å². The van der Waals surface area contributed by atoms with Gasteiger partial charge in [0.1, 0.15) is 22.8 Å². The van der Waals surface area contributed by atoms with Crippen LogP contribution in [0, 0.1) is 17.7 Å². The number of allylic oxidation sites excluding steroid dienone is 2. The van der Waals surface area contributed by atoms with Gasteiger partial charge in [-0.15, -0.1) is 0 Å². The maximum absolute atomic E-state index is 14.7. The van der Waals surface area contributed by atoms with Gasteiger partial charge in [0.05, 0.1) is 17.3 Å². The molecule has 3 aliphatic rings. The molecule has 0 radical (unpaired) electrons. The van der Waals surface area contributed by atoms with Gasteiger partial charge in [-0.25, -0.2) is 9.37 Å². The number of halogens is 1. The van der Waals surface area contributed by atoms with Crippen LogP contribution < -0.4 is 5.73 Å². The molecular weight excluding hydrogens is 373 g/mol. The lowest BCUT2D eigenvalue weighted by Gasteiger charge is -2.30. The molecule has 1 atom stereocenters. The minimum absolute atomic E-state index is 0.00403. The van der Waals surface area contributed by atoms with Crippen LogP contribution >= 0.6 is 0 Å². The first kappa shape index (κ1) is 19.4. The van der Waals surface area contributed by atoms with Crippen LogP contribution in [0.25, 0.3) is 17.0 Å². The Morgan fingerprint density at radius 1 is 1.28 bits per heavy atom. The molecule has 2 aromatic rings. The molecule has 1 aromatic carbocycles. The van der Waals surface area contributed by atoms with Gasteiger partial charge in [0, 0.05) is 5.56 Å². The highest BCUT2D eigenvalue weighted by Gasteiger charge is 2.39. The van der Waals surface area contributed by atoms with E-state index in [-0.39, 0.29) is 17.3 Å². The number of hydrogen-bond acceptors (Lipinski definition) is 4. The first-order valence-electron chi connectivity index (χ1n) is 9.32. The van der Waals surface area contributed by atoms with Crippen molar-refractivity contribution in [3.05, 3.63) is 46.5 Å². The zero-order valence-electron chi connectivity index (χ0n) is 16.7. The smallest absolute Gasteiger partial charge is 0.269 e. The number of hydrogen-bond donors (Lipinski definition) is 3. The molecule has 1 amide bonds. The highest BCUT2D eigenvalue weighted by Crippen LogP contribution is 2.49. The number of rotatable bonds is 2. The molecule has 29 heavy (non-hydrogen) atoms. The second-order valence-corrected chi connectivity index (χ2v) is 8.58. The highest BCUT2D eigenvalue weighted by atomic mass is 19.1. The standard InChI is InChI=1S/C22H22FN3O3/c1-21(2,28)6-5-11-9-15-14(10-16(11)23)12-7-13(8-12)26-18(22(3,4)29)17(19(24)27)25-20(15)26/h7,9-10,13,28-29H,8H2,1-4H3,(H2,24,27). The van der Waals surface area contributed by atoms with E-state index in [1.807, 2.05) is 6.08 Å². The van der Waals surface area contributed by atoms with Gasteiger partial charge in [-0.05, 0) is 57.4 Å². The van der Waals surface area contributed by atoms with Crippen molar-refractivity contribution in [3.63, 3.8) is 0 Å². The maximum Gasteiger partial charge on any atom is 0.269 e. The summed E-state index contributed by atoms with van der Waals surface area (Å²) in [5.74, 6) is 4.50. The molecule has 0 fully saturated rings. The molecule has 7 heteroatoms. The number of benzene rings is 1. The molecule has 6 nitrogen and oxygen atoms in total. The Morgan fingerprint density at radius 3 is 2.48 bits per heavy atom. The molecule has 0 saturated carbocycles. The fourth-order valence-corrected chi connectivity index (χ4v) is 3.83. The number of primary amides is 1. The van der Waals surface area contributed by atoms with Crippen molar-refractivity contribution in [2.45, 2.75) is 51.4 Å². The number of imidazole rings is 1. The molecular formula is C22H22FN3O3. The number of aliphatic hydroxyl groups is 2. The van der Waals surface area contributed by atoms with Crippen molar-refractivity contribution in [1.82, 2.24) is 9.55 Å². The summed E-state index contributed by atoms with van der Waals surface area (Å²) in [6.45, 7) is 6.18. The van der Waals surface area contributed by atoms with Gasteiger partial charge in [0.25, 0.3) is 5.91 Å². The van der Waals surface area contributed by atoms with Crippen molar-refractivity contribution in [3.8, 4) is 23.2 Å². The third-order valence-electron chi connectivity index (χ3n) is 5.08. The first-order valence-corrected chi connectivity index (χ1v) is 9.32. The summed E-state index contributed by atoms with van der Waals surface area (Å²) in [5.41, 5.74) is 5.62. The van der Waals surface area contributed by atoms with E-state index in [4.69, 9.17) is 5.73 Å². The number of carbonyl (C=O) groups is 1. The lowest BCUT2D eigenvalue weighted by molar-refractivity contribution is 0.0663. The summed E-state index contributed by atoms with van der Waals surface area (Å²) in [6.07, 6.45) is 2.60. The Kier molecular flexibility index (Phi) is 4.02. The van der Waals surface area contributed by atoms with Gasteiger partial charge in [-0.3, -0.25) is 4.79 Å². The summed E-state index contributed by atoms with van der Waals surface area (Å²) < 4.78 is 16.5. The monoisotopic (exact) mass is 395 g/mol. The van der Waals surface area contributed by atoms with E-state index in [9.17, 15) is 19.4 Å². The topological polar surface area (TPSA) is 101 Å². The van der Waals surface area contributed by atoms with Gasteiger partial charge in [-0.2, -0.15) is 0 Å². The van der Waals surface area contributed by atoms with E-state index >= 15 is 0 Å². The van der Waals surface area contributed by atoms with Gasteiger partial charge in [0.2, 0.25) is 0 Å². The van der Waals surface area contributed by atoms with Gasteiger partial charge in [0.15, 0.2) is 5.69 Å². The quantitative estimate of drug-likeness (QED) is 0.680. The van der Waals surface area contributed by atoms with Crippen molar-refractivity contribution in [2.75, 3.05) is 0 Å². The molecule has 5 rings (SSSR count). The number of aromatic nitrogens is 2. The van der Waals surface area contributed by atoms with Gasteiger partial charge >= 0.3 is 0 Å². The summed E-state index contributed by atoms with van der Waals surface area (Å²) in [5, 5.41) is 20.6. The average molecular weight is 395 g/mol. The van der Waals surface area contributed by atoms with E-state index in [0.717, 1.165) is 5.57 Å². The minimum Gasteiger partial charge on any atom is -0.384 e. The lowest BCUT2D eigenvalue weighted by atomic mass is 9.86. The molecule has 1 aliphatic carbocycles. The SMILES string of the molecule is CC(C)(O)C#Cc1cc2c(cc1F)C1=CC(C1)n1c-2nc(C(N)=O)c1C(C)(C)O. The maximum atomic E-state index is 14.7. The van der Waals surface area contributed by atoms with Crippen LogP contribution in [0.15, 0.2) is 18.2 Å². The molecule has 4 N–H and O–H groups in total. The Labute approximate surface area is 167 Å². The zero-order chi connectivity index (χ0) is 21.3. The molecule has 2 aliphatic heterocycles. The second kappa shape index (κ2) is 6.02. The van der Waals surface area contributed by atoms with Crippen molar-refractivity contribution < 1.29 is 19.4 Å². The van der Waals surface area contributed by atoms with Gasteiger partial charge < -0.3 is 20.5 Å². The van der Waals surface area contributed by atoms with E-state index < -0.39 is 22.9 Å². The predicted molar refractivity (Wildman–Crippen MR) is 106 cm³/mol. The number of amides is 1. The van der Waals surface area contributed by atoms with Crippen LogP contribution in [-0.4, -0.2) is 31.3 Å². The van der Waals surface area contributed by atoms with Gasteiger partial charge in [-0.1, -0.05) is 17.9 Å². The zero-order valence-corrected chi connectivity index (χ0v) is 16.7. The first-order chi connectivity index (χ1) is 13.4. The Morgan fingerprint density at radius 2 is 1.93 bits per heavy atom. The Hall–Kier alpha value is -2.95. The van der Waals surface area contributed by atoms with Crippen LogP contribution in [0.5, 0.6) is 0 Å². The fraction of sp³-hybridized carbons (Fsp3) is 0.364. The summed E-state index contributed by atoms with van der Waals surface area (Å²) >= 11 is 0. The molecule has 1 unspecified atom stereocenters. The highest BCUT2D eigenvalue weighted by molar-refractivity contribution is 5.94. The Bertz CT molecular complexity index is 1150. The lowest BCUT2D eigenvalue weighted by Crippen LogP contribution is -2.28. The normalized spacial score (nSPS) is 17.2. The fourth-order valence-electron chi connectivity index (χ4n) is 3.83. The summed E-state index contributed by atoms with van der Waals surface area (Å²) in [4.78, 5) is 16.5. The third kappa shape index (κ3) is 3.15. The van der Waals surface area contributed by atoms with Crippen molar-refractivity contribution in [2.24, 2.45) is 5.73 Å². The molecule has 1 aromatic heterocycles. The summed E-state index contributed by atoms with van der Waals surface area (Å²) in [6, 6.07) is 2.87. The third-order valence-corrected chi connectivity index (χ3v) is 5.08. The van der Waals surface area contributed by atoms with E-state index in [1.54, 1.807) is 24.5 Å². The van der Waals surface area contributed by atoms with E-state index in [1.165, 1.54) is 19.9 Å². The average Bonchev–Trinajstić information content (AvgIpc) is 2.82. The molecule has 2 bridgehead atoms. The van der Waals surface area contributed by atoms with E-state index in [2.05, 4.69) is 16.8 Å². The molecule has 0 spiro atoms. The second-order valence-electron chi connectivity index (χ2n) is 8.58. The number of carbonyl (C=O) groups excluding carboxylic acids is 1. The van der Waals surface area contributed by atoms with Crippen LogP contribution in [0.1, 0.15) is 67.5 Å². The number of nitrogens with two attached hydrogens (primary N) is 1. The largest absolute Gasteiger partial charge is 0.384 e. The molecule has 3 heterocycles. The van der Waals surface area contributed by atoms with Crippen molar-refractivity contribution in [1.29, 1.82) is 0 Å². The number of nitrogens with zero attached hydrogens (tertiary/aromatic N) is 2. The van der Waals surface area contributed by atoms with E-state index in [0.29, 0.717) is 29.1 Å². The Balaban J connectivity index is 2.02. The molecule has 150 valence electrons. The van der Waals surface area contributed by atoms with Crippen LogP contribution in [0.2, 0.25) is 0 Å². The van der Waals surface area contributed by atoms with Crippen LogP contribution in [0.3, 0.4) is 0 Å². The molecule has 0 saturated heterocycles. The van der Waals surface area contributed by atoms with Crippen molar-refractivity contribution >= 4 is 11.5 Å².